The van der Waals surface area contributed by atoms with Crippen molar-refractivity contribution in [2.75, 3.05) is 0 Å². The fourth-order valence-electron chi connectivity index (χ4n) is 2.18. The van der Waals surface area contributed by atoms with Crippen LogP contribution < -0.4 is 0 Å². The van der Waals surface area contributed by atoms with Crippen molar-refractivity contribution in [3.05, 3.63) is 76.1 Å². The van der Waals surface area contributed by atoms with E-state index in [1.54, 1.807) is 18.3 Å². The summed E-state index contributed by atoms with van der Waals surface area (Å²) in [5.74, 6) is -0.444. The molecule has 1 aromatic heterocycles. The number of aliphatic hydroxyl groups is 1. The lowest BCUT2D eigenvalue weighted by Crippen LogP contribution is -2.04. The Balaban J connectivity index is 2.10. The van der Waals surface area contributed by atoms with Gasteiger partial charge in [0.2, 0.25) is 0 Å². The van der Waals surface area contributed by atoms with Crippen LogP contribution in [0.15, 0.2) is 59.2 Å². The Morgan fingerprint density at radius 2 is 1.90 bits per heavy atom. The summed E-state index contributed by atoms with van der Waals surface area (Å²) in [6.45, 7) is 0. The highest BCUT2D eigenvalue weighted by Gasteiger charge is 2.18. The normalized spacial score (nSPS) is 12.6. The zero-order valence-electron chi connectivity index (χ0n) is 10.4. The van der Waals surface area contributed by atoms with E-state index in [9.17, 15) is 9.50 Å². The standard InChI is InChI=1S/C16H11BrFNO/c17-12-5-3-6-13(18)15(12)16(20)11-8-10-4-1-2-7-14(10)19-9-11/h1-9,16,20H. The van der Waals surface area contributed by atoms with Gasteiger partial charge in [0.05, 0.1) is 5.52 Å². The van der Waals surface area contributed by atoms with E-state index in [1.165, 1.54) is 6.07 Å². The van der Waals surface area contributed by atoms with Crippen molar-refractivity contribution in [2.45, 2.75) is 6.10 Å². The maximum Gasteiger partial charge on any atom is 0.130 e. The summed E-state index contributed by atoms with van der Waals surface area (Å²) in [5, 5.41) is 11.3. The predicted octanol–water partition coefficient (Wildman–Crippen LogP) is 4.22. The van der Waals surface area contributed by atoms with Crippen LogP contribution in [0.5, 0.6) is 0 Å². The van der Waals surface area contributed by atoms with Crippen molar-refractivity contribution < 1.29 is 9.50 Å². The number of para-hydroxylation sites is 1. The number of pyridine rings is 1. The molecular formula is C16H11BrFNO. The fourth-order valence-corrected chi connectivity index (χ4v) is 2.74. The molecule has 3 aromatic rings. The molecule has 1 atom stereocenters. The summed E-state index contributed by atoms with van der Waals surface area (Å²) in [4.78, 5) is 4.29. The highest BCUT2D eigenvalue weighted by Crippen LogP contribution is 2.31. The van der Waals surface area contributed by atoms with E-state index in [4.69, 9.17) is 0 Å². The molecule has 100 valence electrons. The molecular weight excluding hydrogens is 321 g/mol. The number of aromatic nitrogens is 1. The minimum atomic E-state index is -1.05. The van der Waals surface area contributed by atoms with Gasteiger partial charge in [0.1, 0.15) is 11.9 Å². The summed E-state index contributed by atoms with van der Waals surface area (Å²) in [6, 6.07) is 14.1. The number of hydrogen-bond acceptors (Lipinski definition) is 2. The SMILES string of the molecule is OC(c1cnc2ccccc2c1)c1c(F)cccc1Br. The van der Waals surface area contributed by atoms with Gasteiger partial charge < -0.3 is 5.11 Å². The Morgan fingerprint density at radius 3 is 2.70 bits per heavy atom. The molecule has 0 aliphatic carbocycles. The van der Waals surface area contributed by atoms with Crippen molar-refractivity contribution in [1.29, 1.82) is 0 Å². The monoisotopic (exact) mass is 331 g/mol. The van der Waals surface area contributed by atoms with Crippen molar-refractivity contribution in [2.24, 2.45) is 0 Å². The summed E-state index contributed by atoms with van der Waals surface area (Å²) in [6.07, 6.45) is 0.522. The van der Waals surface area contributed by atoms with Crippen LogP contribution in [-0.4, -0.2) is 10.1 Å². The first kappa shape index (κ1) is 13.2. The van der Waals surface area contributed by atoms with Crippen LogP contribution in [0.3, 0.4) is 0 Å². The second-order valence-corrected chi connectivity index (χ2v) is 5.35. The molecule has 0 aliphatic rings. The summed E-state index contributed by atoms with van der Waals surface area (Å²) in [5.41, 5.74) is 1.63. The second-order valence-electron chi connectivity index (χ2n) is 4.50. The Hall–Kier alpha value is -1.78. The Bertz CT molecular complexity index is 755. The molecule has 2 aromatic carbocycles. The summed E-state index contributed by atoms with van der Waals surface area (Å²) >= 11 is 3.27. The molecule has 0 saturated carbocycles. The lowest BCUT2D eigenvalue weighted by molar-refractivity contribution is 0.214. The van der Waals surface area contributed by atoms with Gasteiger partial charge in [-0.25, -0.2) is 4.39 Å². The van der Waals surface area contributed by atoms with Crippen molar-refractivity contribution >= 4 is 26.8 Å². The average molecular weight is 332 g/mol. The van der Waals surface area contributed by atoms with Gasteiger partial charge in [0.25, 0.3) is 0 Å². The van der Waals surface area contributed by atoms with E-state index in [2.05, 4.69) is 20.9 Å². The molecule has 1 N–H and O–H groups in total. The third-order valence-electron chi connectivity index (χ3n) is 3.20. The smallest absolute Gasteiger partial charge is 0.130 e. The first-order valence-electron chi connectivity index (χ1n) is 6.13. The molecule has 2 nitrogen and oxygen atoms in total. The molecule has 0 bridgehead atoms. The molecule has 0 amide bonds. The summed E-state index contributed by atoms with van der Waals surface area (Å²) in [7, 11) is 0. The van der Waals surface area contributed by atoms with Crippen molar-refractivity contribution in [3.8, 4) is 0 Å². The van der Waals surface area contributed by atoms with E-state index < -0.39 is 11.9 Å². The first-order valence-corrected chi connectivity index (χ1v) is 6.93. The van der Waals surface area contributed by atoms with Crippen LogP contribution in [0.1, 0.15) is 17.2 Å². The number of aliphatic hydroxyl groups excluding tert-OH is 1. The van der Waals surface area contributed by atoms with E-state index in [-0.39, 0.29) is 5.56 Å². The molecule has 1 heterocycles. The maximum atomic E-state index is 13.9. The highest BCUT2D eigenvalue weighted by atomic mass is 79.9. The Kier molecular flexibility index (Phi) is 3.51. The number of fused-ring (bicyclic) bond motifs is 1. The molecule has 0 fully saturated rings. The van der Waals surface area contributed by atoms with Gasteiger partial charge in [-0.05, 0) is 24.3 Å². The minimum Gasteiger partial charge on any atom is -0.383 e. The van der Waals surface area contributed by atoms with E-state index >= 15 is 0 Å². The molecule has 1 unspecified atom stereocenters. The lowest BCUT2D eigenvalue weighted by atomic mass is 10.0. The predicted molar refractivity (Wildman–Crippen MR) is 79.9 cm³/mol. The maximum absolute atomic E-state index is 13.9. The van der Waals surface area contributed by atoms with Crippen LogP contribution in [-0.2, 0) is 0 Å². The molecule has 4 heteroatoms. The van der Waals surface area contributed by atoms with Crippen molar-refractivity contribution in [1.82, 2.24) is 4.98 Å². The third-order valence-corrected chi connectivity index (χ3v) is 3.89. The molecule has 0 spiro atoms. The zero-order chi connectivity index (χ0) is 14.1. The largest absolute Gasteiger partial charge is 0.383 e. The molecule has 0 radical (unpaired) electrons. The second kappa shape index (κ2) is 5.31. The van der Waals surface area contributed by atoms with Crippen LogP contribution in [0.25, 0.3) is 10.9 Å². The number of nitrogens with zero attached hydrogens (tertiary/aromatic N) is 1. The van der Waals surface area contributed by atoms with E-state index in [0.29, 0.717) is 10.0 Å². The fraction of sp³-hybridized carbons (Fsp3) is 0.0625. The number of halogens is 2. The zero-order valence-corrected chi connectivity index (χ0v) is 12.0. The first-order chi connectivity index (χ1) is 9.66. The topological polar surface area (TPSA) is 33.1 Å². The van der Waals surface area contributed by atoms with Gasteiger partial charge >= 0.3 is 0 Å². The highest BCUT2D eigenvalue weighted by molar-refractivity contribution is 9.10. The van der Waals surface area contributed by atoms with Gasteiger partial charge in [-0.3, -0.25) is 4.98 Å². The minimum absolute atomic E-state index is 0.226. The van der Waals surface area contributed by atoms with Gasteiger partial charge in [-0.1, -0.05) is 40.2 Å². The lowest BCUT2D eigenvalue weighted by Gasteiger charge is -2.14. The van der Waals surface area contributed by atoms with E-state index in [0.717, 1.165) is 10.9 Å². The Morgan fingerprint density at radius 1 is 1.10 bits per heavy atom. The van der Waals surface area contributed by atoms with Gasteiger partial charge in [-0.2, -0.15) is 0 Å². The third kappa shape index (κ3) is 2.32. The molecule has 0 saturated heterocycles. The summed E-state index contributed by atoms with van der Waals surface area (Å²) < 4.78 is 14.4. The number of hydrogen-bond donors (Lipinski definition) is 1. The quantitative estimate of drug-likeness (QED) is 0.762. The Labute approximate surface area is 124 Å². The van der Waals surface area contributed by atoms with Gasteiger partial charge in [0.15, 0.2) is 0 Å². The molecule has 20 heavy (non-hydrogen) atoms. The van der Waals surface area contributed by atoms with Crippen LogP contribution in [0.4, 0.5) is 4.39 Å². The van der Waals surface area contributed by atoms with Crippen LogP contribution >= 0.6 is 15.9 Å². The van der Waals surface area contributed by atoms with Gasteiger partial charge in [0, 0.05) is 27.2 Å². The average Bonchev–Trinajstić information content (AvgIpc) is 2.46. The van der Waals surface area contributed by atoms with Crippen LogP contribution in [0.2, 0.25) is 0 Å². The van der Waals surface area contributed by atoms with Crippen molar-refractivity contribution in [3.63, 3.8) is 0 Å². The molecule has 0 aliphatic heterocycles. The van der Waals surface area contributed by atoms with Gasteiger partial charge in [-0.15, -0.1) is 0 Å². The number of rotatable bonds is 2. The molecule has 3 rings (SSSR count). The van der Waals surface area contributed by atoms with E-state index in [1.807, 2.05) is 30.3 Å². The number of benzene rings is 2. The van der Waals surface area contributed by atoms with Crippen LogP contribution in [0, 0.1) is 5.82 Å².